The van der Waals surface area contributed by atoms with Crippen LogP contribution < -0.4 is 5.56 Å². The number of rotatable bonds is 6. The normalized spacial score (nSPS) is 11.1. The smallest absolute Gasteiger partial charge is 0.306 e. The topological polar surface area (TPSA) is 86.7 Å². The van der Waals surface area contributed by atoms with E-state index in [1.807, 2.05) is 12.3 Å². The molecule has 3 heterocycles. The van der Waals surface area contributed by atoms with Crippen LogP contribution in [0.3, 0.4) is 0 Å². The molecule has 4 aromatic rings. The van der Waals surface area contributed by atoms with Crippen molar-refractivity contribution in [3.8, 4) is 11.3 Å². The quantitative estimate of drug-likeness (QED) is 0.450. The van der Waals surface area contributed by atoms with Gasteiger partial charge in [0, 0.05) is 29.1 Å². The second-order valence-electron chi connectivity index (χ2n) is 6.37. The monoisotopic (exact) mass is 413 g/mol. The summed E-state index contributed by atoms with van der Waals surface area (Å²) < 4.78 is 25.3. The SMILES string of the molecule is Cc1csc2nc(COC(=O)CCc3ncc(-c4ccc(F)cc4)o3)cc(=O)n12. The lowest BCUT2D eigenvalue weighted by Gasteiger charge is -2.04. The minimum atomic E-state index is -0.448. The molecule has 0 saturated heterocycles. The van der Waals surface area contributed by atoms with Crippen LogP contribution in [0.1, 0.15) is 23.7 Å². The summed E-state index contributed by atoms with van der Waals surface area (Å²) in [5.41, 5.74) is 1.72. The third kappa shape index (κ3) is 4.24. The highest BCUT2D eigenvalue weighted by molar-refractivity contribution is 7.15. The van der Waals surface area contributed by atoms with E-state index in [9.17, 15) is 14.0 Å². The number of aromatic nitrogens is 3. The molecule has 0 spiro atoms. The number of fused-ring (bicyclic) bond motifs is 1. The molecular formula is C20H16FN3O4S. The summed E-state index contributed by atoms with van der Waals surface area (Å²) in [6.45, 7) is 1.75. The van der Waals surface area contributed by atoms with E-state index in [1.54, 1.807) is 12.1 Å². The number of hydrogen-bond donors (Lipinski definition) is 0. The Morgan fingerprint density at radius 2 is 2.10 bits per heavy atom. The molecule has 0 N–H and O–H groups in total. The summed E-state index contributed by atoms with van der Waals surface area (Å²) in [6, 6.07) is 7.22. The first kappa shape index (κ1) is 19.0. The van der Waals surface area contributed by atoms with Crippen LogP contribution >= 0.6 is 11.3 Å². The van der Waals surface area contributed by atoms with E-state index in [0.717, 1.165) is 5.69 Å². The molecule has 0 radical (unpaired) electrons. The van der Waals surface area contributed by atoms with Crippen LogP contribution in [0.5, 0.6) is 0 Å². The second-order valence-corrected chi connectivity index (χ2v) is 7.20. The Morgan fingerprint density at radius 3 is 2.90 bits per heavy atom. The molecule has 0 aliphatic rings. The zero-order chi connectivity index (χ0) is 20.4. The molecule has 0 bridgehead atoms. The second kappa shape index (κ2) is 7.96. The number of carbonyl (C=O) groups excluding carboxylic acids is 1. The van der Waals surface area contributed by atoms with Crippen LogP contribution in [-0.2, 0) is 22.6 Å². The van der Waals surface area contributed by atoms with Crippen molar-refractivity contribution in [2.75, 3.05) is 0 Å². The molecule has 0 atom stereocenters. The van der Waals surface area contributed by atoms with Crippen molar-refractivity contribution in [1.29, 1.82) is 0 Å². The summed E-state index contributed by atoms with van der Waals surface area (Å²) in [4.78, 5) is 33.2. The molecule has 0 saturated carbocycles. The van der Waals surface area contributed by atoms with Crippen molar-refractivity contribution in [2.45, 2.75) is 26.4 Å². The van der Waals surface area contributed by atoms with Crippen LogP contribution in [0.4, 0.5) is 4.39 Å². The molecule has 9 heteroatoms. The number of ether oxygens (including phenoxy) is 1. The van der Waals surface area contributed by atoms with E-state index < -0.39 is 5.97 Å². The van der Waals surface area contributed by atoms with E-state index >= 15 is 0 Å². The van der Waals surface area contributed by atoms with Gasteiger partial charge < -0.3 is 9.15 Å². The van der Waals surface area contributed by atoms with Crippen LogP contribution in [0.15, 0.2) is 51.1 Å². The lowest BCUT2D eigenvalue weighted by atomic mass is 10.2. The molecule has 0 aliphatic carbocycles. The van der Waals surface area contributed by atoms with Gasteiger partial charge in [0.1, 0.15) is 12.4 Å². The van der Waals surface area contributed by atoms with Gasteiger partial charge in [-0.3, -0.25) is 14.0 Å². The van der Waals surface area contributed by atoms with Gasteiger partial charge in [-0.05, 0) is 31.2 Å². The first-order valence-electron chi connectivity index (χ1n) is 8.82. The maximum atomic E-state index is 13.0. The number of hydrogen-bond acceptors (Lipinski definition) is 7. The van der Waals surface area contributed by atoms with Gasteiger partial charge in [0.05, 0.1) is 18.3 Å². The van der Waals surface area contributed by atoms with Gasteiger partial charge in [-0.2, -0.15) is 0 Å². The Kier molecular flexibility index (Phi) is 5.22. The van der Waals surface area contributed by atoms with Gasteiger partial charge in [0.15, 0.2) is 16.6 Å². The molecular weight excluding hydrogens is 397 g/mol. The Bertz CT molecular complexity index is 1230. The number of oxazole rings is 1. The lowest BCUT2D eigenvalue weighted by molar-refractivity contribution is -0.145. The highest BCUT2D eigenvalue weighted by atomic mass is 32.1. The average Bonchev–Trinajstić information content (AvgIpc) is 3.32. The highest BCUT2D eigenvalue weighted by Crippen LogP contribution is 2.21. The van der Waals surface area contributed by atoms with Gasteiger partial charge >= 0.3 is 5.97 Å². The van der Waals surface area contributed by atoms with Gasteiger partial charge in [0.2, 0.25) is 0 Å². The van der Waals surface area contributed by atoms with E-state index in [-0.39, 0.29) is 30.8 Å². The van der Waals surface area contributed by atoms with Crippen molar-refractivity contribution in [3.05, 3.63) is 75.4 Å². The highest BCUT2D eigenvalue weighted by Gasteiger charge is 2.12. The van der Waals surface area contributed by atoms with Crippen molar-refractivity contribution < 1.29 is 18.3 Å². The summed E-state index contributed by atoms with van der Waals surface area (Å²) in [7, 11) is 0. The molecule has 4 rings (SSSR count). The maximum Gasteiger partial charge on any atom is 0.306 e. The predicted molar refractivity (Wildman–Crippen MR) is 104 cm³/mol. The van der Waals surface area contributed by atoms with Crippen molar-refractivity contribution in [2.24, 2.45) is 0 Å². The van der Waals surface area contributed by atoms with E-state index in [4.69, 9.17) is 9.15 Å². The van der Waals surface area contributed by atoms with Gasteiger partial charge in [-0.1, -0.05) is 0 Å². The van der Waals surface area contributed by atoms with Crippen LogP contribution in [0.25, 0.3) is 16.3 Å². The third-order valence-electron chi connectivity index (χ3n) is 4.23. The summed E-state index contributed by atoms with van der Waals surface area (Å²) in [6.07, 6.45) is 1.87. The van der Waals surface area contributed by atoms with E-state index in [0.29, 0.717) is 27.9 Å². The van der Waals surface area contributed by atoms with E-state index in [1.165, 1.54) is 40.1 Å². The largest absolute Gasteiger partial charge is 0.459 e. The lowest BCUT2D eigenvalue weighted by Crippen LogP contribution is -2.16. The first-order valence-corrected chi connectivity index (χ1v) is 9.70. The number of thiazole rings is 1. The molecule has 1 aromatic carbocycles. The summed E-state index contributed by atoms with van der Waals surface area (Å²) in [5, 5.41) is 1.84. The number of esters is 1. The minimum Gasteiger partial charge on any atom is -0.459 e. The molecule has 0 aliphatic heterocycles. The maximum absolute atomic E-state index is 13.0. The Balaban J connectivity index is 1.33. The molecule has 3 aromatic heterocycles. The predicted octanol–water partition coefficient (Wildman–Crippen LogP) is 3.53. The van der Waals surface area contributed by atoms with Crippen molar-refractivity contribution >= 4 is 22.3 Å². The van der Waals surface area contributed by atoms with Gasteiger partial charge in [-0.15, -0.1) is 11.3 Å². The molecule has 7 nitrogen and oxygen atoms in total. The minimum absolute atomic E-state index is 0.0721. The third-order valence-corrected chi connectivity index (χ3v) is 5.18. The standard InChI is InChI=1S/C20H16FN3O4S/c1-12-11-29-20-23-15(8-18(25)24(12)20)10-27-19(26)7-6-17-22-9-16(28-17)13-2-4-14(21)5-3-13/h2-5,8-9,11H,6-7,10H2,1H3. The summed E-state index contributed by atoms with van der Waals surface area (Å²) >= 11 is 1.36. The number of carbonyl (C=O) groups is 1. The van der Waals surface area contributed by atoms with Gasteiger partial charge in [0.25, 0.3) is 5.56 Å². The van der Waals surface area contributed by atoms with Gasteiger partial charge in [-0.25, -0.2) is 14.4 Å². The fraction of sp³-hybridized carbons (Fsp3) is 0.200. The van der Waals surface area contributed by atoms with Crippen molar-refractivity contribution in [3.63, 3.8) is 0 Å². The fourth-order valence-corrected chi connectivity index (χ4v) is 3.67. The van der Waals surface area contributed by atoms with Crippen molar-refractivity contribution in [1.82, 2.24) is 14.4 Å². The first-order chi connectivity index (χ1) is 14.0. The zero-order valence-corrected chi connectivity index (χ0v) is 16.2. The molecule has 0 amide bonds. The Morgan fingerprint density at radius 1 is 1.31 bits per heavy atom. The number of halogens is 1. The molecule has 29 heavy (non-hydrogen) atoms. The number of benzene rings is 1. The van der Waals surface area contributed by atoms with E-state index in [2.05, 4.69) is 9.97 Å². The molecule has 148 valence electrons. The Labute approximate surface area is 168 Å². The molecule has 0 fully saturated rings. The zero-order valence-electron chi connectivity index (χ0n) is 15.4. The average molecular weight is 413 g/mol. The van der Waals surface area contributed by atoms with Crippen LogP contribution in [0, 0.1) is 12.7 Å². The number of nitrogens with zero attached hydrogens (tertiary/aromatic N) is 3. The Hall–Kier alpha value is -3.33. The summed E-state index contributed by atoms with van der Waals surface area (Å²) in [5.74, 6) is 0.100. The fourth-order valence-electron chi connectivity index (χ4n) is 2.78. The number of aryl methyl sites for hydroxylation is 2. The van der Waals surface area contributed by atoms with Crippen LogP contribution in [0.2, 0.25) is 0 Å². The molecule has 0 unspecified atom stereocenters. The van der Waals surface area contributed by atoms with Crippen LogP contribution in [-0.4, -0.2) is 20.3 Å².